The van der Waals surface area contributed by atoms with Crippen molar-refractivity contribution >= 4 is 5.78 Å². The lowest BCUT2D eigenvalue weighted by molar-refractivity contribution is -0.137. The van der Waals surface area contributed by atoms with Crippen LogP contribution in [-0.2, 0) is 11.3 Å². The number of rotatable bonds is 3. The van der Waals surface area contributed by atoms with Gasteiger partial charge >= 0.3 is 0 Å². The van der Waals surface area contributed by atoms with Crippen molar-refractivity contribution in [2.24, 2.45) is 46.3 Å². The zero-order chi connectivity index (χ0) is 21.1. The number of fused-ring (bicyclic) bond motifs is 5. The molecular formula is C26H37N3O. The fraction of sp³-hybridized carbons (Fsp3) is 0.808. The molecule has 4 heteroatoms. The van der Waals surface area contributed by atoms with Gasteiger partial charge in [-0.2, -0.15) is 10.4 Å². The first-order chi connectivity index (χ1) is 14.3. The van der Waals surface area contributed by atoms with Gasteiger partial charge in [0.2, 0.25) is 0 Å². The van der Waals surface area contributed by atoms with Crippen molar-refractivity contribution in [2.45, 2.75) is 85.1 Å². The molecule has 0 bridgehead atoms. The topological polar surface area (TPSA) is 58.7 Å². The molecule has 4 fully saturated rings. The molecule has 0 amide bonds. The number of nitrogens with zero attached hydrogens (tertiary/aromatic N) is 3. The molecule has 0 saturated heterocycles. The molecule has 0 radical (unpaired) electrons. The summed E-state index contributed by atoms with van der Waals surface area (Å²) in [6.45, 7) is 7.84. The van der Waals surface area contributed by atoms with E-state index in [2.05, 4.69) is 31.9 Å². The predicted molar refractivity (Wildman–Crippen MR) is 116 cm³/mol. The van der Waals surface area contributed by atoms with Crippen molar-refractivity contribution in [3.63, 3.8) is 0 Å². The van der Waals surface area contributed by atoms with E-state index in [4.69, 9.17) is 5.26 Å². The molecule has 0 aliphatic heterocycles. The van der Waals surface area contributed by atoms with Gasteiger partial charge in [-0.1, -0.05) is 27.2 Å². The highest BCUT2D eigenvalue weighted by molar-refractivity contribution is 5.82. The Morgan fingerprint density at radius 3 is 2.67 bits per heavy atom. The van der Waals surface area contributed by atoms with Gasteiger partial charge in [-0.3, -0.25) is 9.48 Å². The van der Waals surface area contributed by atoms with Gasteiger partial charge in [-0.15, -0.1) is 0 Å². The molecule has 4 aliphatic rings. The van der Waals surface area contributed by atoms with Gasteiger partial charge in [0.25, 0.3) is 0 Å². The van der Waals surface area contributed by atoms with Crippen molar-refractivity contribution in [3.8, 4) is 6.07 Å². The van der Waals surface area contributed by atoms with Crippen LogP contribution in [-0.4, -0.2) is 15.6 Å². The highest BCUT2D eigenvalue weighted by Gasteiger charge is 2.60. The van der Waals surface area contributed by atoms with Gasteiger partial charge in [-0.25, -0.2) is 0 Å². The van der Waals surface area contributed by atoms with Gasteiger partial charge in [0, 0.05) is 12.1 Å². The Balaban J connectivity index is 1.34. The molecule has 0 unspecified atom stereocenters. The van der Waals surface area contributed by atoms with Gasteiger partial charge in [0.05, 0.1) is 6.54 Å². The molecular weight excluding hydrogens is 370 g/mol. The van der Waals surface area contributed by atoms with E-state index in [9.17, 15) is 4.79 Å². The van der Waals surface area contributed by atoms with E-state index in [1.54, 1.807) is 16.9 Å². The highest BCUT2D eigenvalue weighted by Crippen LogP contribution is 2.67. The Bertz CT molecular complexity index is 868. The largest absolute Gasteiger partial charge is 0.297 e. The van der Waals surface area contributed by atoms with Crippen molar-refractivity contribution in [1.82, 2.24) is 9.78 Å². The van der Waals surface area contributed by atoms with Gasteiger partial charge in [-0.05, 0) is 97.9 Å². The van der Waals surface area contributed by atoms with Gasteiger partial charge in [0.1, 0.15) is 6.07 Å². The minimum atomic E-state index is 0.161. The Morgan fingerprint density at radius 1 is 1.13 bits per heavy atom. The number of ketones is 1. The SMILES string of the molecule is C[C@H]1CC[C@@]2(C)[C@@H](CC[C@@H]3[C@@H]2CC[C@]2(C)[C@@H](C(=O)Cn4ccc(C#N)n4)CC[C@@H]32)C1. The van der Waals surface area contributed by atoms with E-state index in [1.807, 2.05) is 0 Å². The van der Waals surface area contributed by atoms with Crippen molar-refractivity contribution in [1.29, 1.82) is 5.26 Å². The normalized spacial score (nSPS) is 45.1. The average molecular weight is 408 g/mol. The fourth-order valence-electron chi connectivity index (χ4n) is 8.78. The minimum absolute atomic E-state index is 0.161. The van der Waals surface area contributed by atoms with Crippen molar-refractivity contribution in [3.05, 3.63) is 18.0 Å². The summed E-state index contributed by atoms with van der Waals surface area (Å²) in [5.74, 6) is 4.75. The summed E-state index contributed by atoms with van der Waals surface area (Å²) in [6.07, 6.45) is 13.7. The van der Waals surface area contributed by atoms with Crippen LogP contribution in [0.5, 0.6) is 0 Å². The standard InChI is InChI=1S/C26H37N3O/c1-17-8-11-25(2)18(14-17)4-5-20-21-6-7-23(26(21,3)12-9-22(20)25)24(30)16-29-13-10-19(15-27)28-29/h10,13,17-18,20-23H,4-9,11-12,14,16H2,1-3H3/t17-,18-,20-,21-,22-,23+,25-,26-/m0/s1. The van der Waals surface area contributed by atoms with E-state index in [-0.39, 0.29) is 11.3 Å². The monoisotopic (exact) mass is 407 g/mol. The lowest BCUT2D eigenvalue weighted by Gasteiger charge is -2.61. The molecule has 0 spiro atoms. The van der Waals surface area contributed by atoms with Crippen LogP contribution in [0.3, 0.4) is 0 Å². The second-order valence-corrected chi connectivity index (χ2v) is 11.7. The zero-order valence-electron chi connectivity index (χ0n) is 18.9. The lowest BCUT2D eigenvalue weighted by atomic mass is 9.44. The second-order valence-electron chi connectivity index (χ2n) is 11.7. The summed E-state index contributed by atoms with van der Waals surface area (Å²) in [6, 6.07) is 3.76. The van der Waals surface area contributed by atoms with Crippen LogP contribution < -0.4 is 0 Å². The summed E-state index contributed by atoms with van der Waals surface area (Å²) in [7, 11) is 0. The third-order valence-corrected chi connectivity index (χ3v) is 10.4. The Labute approximate surface area is 181 Å². The molecule has 0 N–H and O–H groups in total. The molecule has 1 heterocycles. The van der Waals surface area contributed by atoms with Crippen LogP contribution in [0.15, 0.2) is 12.3 Å². The third-order valence-electron chi connectivity index (χ3n) is 10.4. The predicted octanol–water partition coefficient (Wildman–Crippen LogP) is 5.62. The minimum Gasteiger partial charge on any atom is -0.297 e. The quantitative estimate of drug-likeness (QED) is 0.653. The number of nitriles is 1. The number of carbonyl (C=O) groups excluding carboxylic acids is 1. The number of aromatic nitrogens is 2. The fourth-order valence-corrected chi connectivity index (χ4v) is 8.78. The first-order valence-electron chi connectivity index (χ1n) is 12.3. The van der Waals surface area contributed by atoms with E-state index < -0.39 is 0 Å². The smallest absolute Gasteiger partial charge is 0.162 e. The molecule has 4 saturated carbocycles. The second kappa shape index (κ2) is 7.21. The van der Waals surface area contributed by atoms with Gasteiger partial charge in [0.15, 0.2) is 11.5 Å². The first kappa shape index (κ1) is 20.3. The molecule has 162 valence electrons. The Kier molecular flexibility index (Phi) is 4.88. The van der Waals surface area contributed by atoms with Crippen LogP contribution in [0.4, 0.5) is 0 Å². The highest BCUT2D eigenvalue weighted by atomic mass is 16.1. The summed E-state index contributed by atoms with van der Waals surface area (Å²) in [5.41, 5.74) is 1.10. The first-order valence-corrected chi connectivity index (χ1v) is 12.3. The maximum atomic E-state index is 13.3. The molecule has 5 rings (SSSR count). The van der Waals surface area contributed by atoms with Crippen LogP contribution in [0.2, 0.25) is 0 Å². The summed E-state index contributed by atoms with van der Waals surface area (Å²) < 4.78 is 1.67. The number of Topliss-reactive ketones (excluding diaryl/α,β-unsaturated/α-hetero) is 1. The molecule has 0 aromatic carbocycles. The van der Waals surface area contributed by atoms with Crippen molar-refractivity contribution in [2.75, 3.05) is 0 Å². The number of hydrogen-bond donors (Lipinski definition) is 0. The lowest BCUT2D eigenvalue weighted by Crippen LogP contribution is -2.53. The van der Waals surface area contributed by atoms with Crippen LogP contribution in [0.1, 0.15) is 84.3 Å². The Morgan fingerprint density at radius 2 is 1.90 bits per heavy atom. The summed E-state index contributed by atoms with van der Waals surface area (Å²) in [4.78, 5) is 13.3. The van der Waals surface area contributed by atoms with E-state index in [0.29, 0.717) is 23.4 Å². The average Bonchev–Trinajstić information content (AvgIpc) is 3.32. The van der Waals surface area contributed by atoms with Crippen LogP contribution >= 0.6 is 0 Å². The maximum absolute atomic E-state index is 13.3. The Hall–Kier alpha value is -1.63. The summed E-state index contributed by atoms with van der Waals surface area (Å²) >= 11 is 0. The maximum Gasteiger partial charge on any atom is 0.162 e. The van der Waals surface area contributed by atoms with E-state index in [1.165, 1.54) is 51.4 Å². The third kappa shape index (κ3) is 2.99. The van der Waals surface area contributed by atoms with Crippen LogP contribution in [0.25, 0.3) is 0 Å². The van der Waals surface area contributed by atoms with E-state index in [0.717, 1.165) is 36.0 Å². The van der Waals surface area contributed by atoms with E-state index >= 15 is 0 Å². The number of hydrogen-bond acceptors (Lipinski definition) is 3. The molecule has 4 nitrogen and oxygen atoms in total. The molecule has 30 heavy (non-hydrogen) atoms. The molecule has 8 atom stereocenters. The van der Waals surface area contributed by atoms with Crippen molar-refractivity contribution < 1.29 is 4.79 Å². The summed E-state index contributed by atoms with van der Waals surface area (Å²) in [5, 5.41) is 13.2. The van der Waals surface area contributed by atoms with Gasteiger partial charge < -0.3 is 0 Å². The molecule has 1 aromatic heterocycles. The number of carbonyl (C=O) groups is 1. The zero-order valence-corrected chi connectivity index (χ0v) is 18.9. The van der Waals surface area contributed by atoms with Crippen LogP contribution in [0, 0.1) is 57.7 Å². The molecule has 1 aromatic rings. The molecule has 4 aliphatic carbocycles.